The highest BCUT2D eigenvalue weighted by molar-refractivity contribution is 8.13. The number of amides is 1. The predicted molar refractivity (Wildman–Crippen MR) is 120 cm³/mol. The van der Waals surface area contributed by atoms with Gasteiger partial charge < -0.3 is 4.74 Å². The highest BCUT2D eigenvalue weighted by Crippen LogP contribution is 2.31. The van der Waals surface area contributed by atoms with Crippen LogP contribution in [0.1, 0.15) is 11.1 Å². The number of carbonyl (C=O) groups is 1. The van der Waals surface area contributed by atoms with E-state index in [0.717, 1.165) is 16.9 Å². The summed E-state index contributed by atoms with van der Waals surface area (Å²) in [5, 5.41) is 0.552. The molecule has 1 aliphatic rings. The summed E-state index contributed by atoms with van der Waals surface area (Å²) in [4.78, 5) is 19.3. The maximum absolute atomic E-state index is 13.4. The van der Waals surface area contributed by atoms with Crippen molar-refractivity contribution in [2.24, 2.45) is 4.99 Å². The van der Waals surface area contributed by atoms with E-state index >= 15 is 0 Å². The molecular weight excluding hydrogens is 399 g/mol. The van der Waals surface area contributed by atoms with Gasteiger partial charge >= 0.3 is 0 Å². The van der Waals surface area contributed by atoms with E-state index in [9.17, 15) is 9.18 Å². The highest BCUT2D eigenvalue weighted by Gasteiger charge is 2.32. The van der Waals surface area contributed by atoms with Gasteiger partial charge in [-0.05, 0) is 53.6 Å². The molecular formula is C24H19FN2O2S. The Balaban J connectivity index is 1.65. The molecule has 3 aromatic rings. The molecule has 4 rings (SSSR count). The molecule has 0 bridgehead atoms. The van der Waals surface area contributed by atoms with E-state index in [1.165, 1.54) is 28.8 Å². The SMILES string of the molecule is COc1cccc(CSC2=N/C(=C/c3ccccc3)C(=O)N2c2ccc(F)cc2)c1. The zero-order valence-electron chi connectivity index (χ0n) is 16.3. The second kappa shape index (κ2) is 8.97. The largest absolute Gasteiger partial charge is 0.497 e. The van der Waals surface area contributed by atoms with Gasteiger partial charge in [-0.3, -0.25) is 9.69 Å². The molecule has 1 heterocycles. The summed E-state index contributed by atoms with van der Waals surface area (Å²) in [5.41, 5.74) is 2.87. The molecule has 30 heavy (non-hydrogen) atoms. The molecule has 0 saturated carbocycles. The first kappa shape index (κ1) is 19.9. The zero-order valence-corrected chi connectivity index (χ0v) is 17.1. The van der Waals surface area contributed by atoms with E-state index in [1.54, 1.807) is 25.3 Å². The third kappa shape index (κ3) is 4.44. The number of benzene rings is 3. The molecule has 1 aliphatic heterocycles. The smallest absolute Gasteiger partial charge is 0.283 e. The monoisotopic (exact) mass is 418 g/mol. The minimum atomic E-state index is -0.354. The van der Waals surface area contributed by atoms with E-state index in [0.29, 0.717) is 22.3 Å². The van der Waals surface area contributed by atoms with E-state index in [-0.39, 0.29) is 11.7 Å². The molecule has 0 aromatic heterocycles. The molecule has 0 fully saturated rings. The van der Waals surface area contributed by atoms with Crippen molar-refractivity contribution in [3.8, 4) is 5.75 Å². The fourth-order valence-corrected chi connectivity index (χ4v) is 3.98. The first-order valence-corrected chi connectivity index (χ1v) is 10.3. The Kier molecular flexibility index (Phi) is 5.95. The number of hydrogen-bond donors (Lipinski definition) is 0. The molecule has 4 nitrogen and oxygen atoms in total. The number of anilines is 1. The van der Waals surface area contributed by atoms with Crippen LogP contribution in [0.3, 0.4) is 0 Å². The number of amidine groups is 1. The second-order valence-corrected chi connectivity index (χ2v) is 7.53. The van der Waals surface area contributed by atoms with Gasteiger partial charge in [0.25, 0.3) is 5.91 Å². The van der Waals surface area contributed by atoms with Crippen molar-refractivity contribution in [3.63, 3.8) is 0 Å². The average molecular weight is 418 g/mol. The maximum Gasteiger partial charge on any atom is 0.283 e. The summed E-state index contributed by atoms with van der Waals surface area (Å²) in [6.07, 6.45) is 1.76. The van der Waals surface area contributed by atoms with Crippen LogP contribution in [0.5, 0.6) is 5.75 Å². The molecule has 0 aliphatic carbocycles. The summed E-state index contributed by atoms with van der Waals surface area (Å²) in [6.45, 7) is 0. The summed E-state index contributed by atoms with van der Waals surface area (Å²) in [7, 11) is 1.63. The van der Waals surface area contributed by atoms with Crippen LogP contribution < -0.4 is 9.64 Å². The number of ether oxygens (including phenoxy) is 1. The molecule has 0 spiro atoms. The number of hydrogen-bond acceptors (Lipinski definition) is 4. The molecule has 0 radical (unpaired) electrons. The fraction of sp³-hybridized carbons (Fsp3) is 0.0833. The lowest BCUT2D eigenvalue weighted by Gasteiger charge is -2.18. The number of nitrogens with zero attached hydrogens (tertiary/aromatic N) is 2. The van der Waals surface area contributed by atoms with Gasteiger partial charge in [0.15, 0.2) is 5.17 Å². The predicted octanol–water partition coefficient (Wildman–Crippen LogP) is 5.51. The number of aliphatic imine (C=N–C) groups is 1. The molecule has 1 amide bonds. The Hall–Kier alpha value is -3.38. The van der Waals surface area contributed by atoms with Gasteiger partial charge in [-0.2, -0.15) is 0 Å². The van der Waals surface area contributed by atoms with Crippen LogP contribution in [0.15, 0.2) is 89.6 Å². The van der Waals surface area contributed by atoms with Crippen LogP contribution in [0, 0.1) is 5.82 Å². The molecule has 150 valence electrons. The van der Waals surface area contributed by atoms with Crippen LogP contribution in [0.4, 0.5) is 10.1 Å². The van der Waals surface area contributed by atoms with Crippen molar-refractivity contribution < 1.29 is 13.9 Å². The van der Waals surface area contributed by atoms with E-state index in [1.807, 2.05) is 54.6 Å². The van der Waals surface area contributed by atoms with Crippen molar-refractivity contribution in [1.82, 2.24) is 0 Å². The molecule has 6 heteroatoms. The number of halogens is 1. The van der Waals surface area contributed by atoms with Crippen LogP contribution >= 0.6 is 11.8 Å². The molecule has 0 atom stereocenters. The van der Waals surface area contributed by atoms with E-state index < -0.39 is 0 Å². The quantitative estimate of drug-likeness (QED) is 0.513. The third-order valence-corrected chi connectivity index (χ3v) is 5.53. The van der Waals surface area contributed by atoms with Crippen molar-refractivity contribution in [2.45, 2.75) is 5.75 Å². The minimum Gasteiger partial charge on any atom is -0.497 e. The van der Waals surface area contributed by atoms with Gasteiger partial charge in [0.1, 0.15) is 17.3 Å². The molecule has 0 unspecified atom stereocenters. The van der Waals surface area contributed by atoms with Gasteiger partial charge in [-0.15, -0.1) is 0 Å². The Morgan fingerprint density at radius 1 is 1.03 bits per heavy atom. The van der Waals surface area contributed by atoms with E-state index in [2.05, 4.69) is 4.99 Å². The summed E-state index contributed by atoms with van der Waals surface area (Å²) in [5.74, 6) is 0.795. The number of rotatable bonds is 5. The molecule has 0 saturated heterocycles. The lowest BCUT2D eigenvalue weighted by Crippen LogP contribution is -2.30. The van der Waals surface area contributed by atoms with Gasteiger partial charge in [-0.1, -0.05) is 54.2 Å². The third-order valence-electron chi connectivity index (χ3n) is 4.52. The lowest BCUT2D eigenvalue weighted by atomic mass is 10.2. The number of thioether (sulfide) groups is 1. The number of carbonyl (C=O) groups excluding carboxylic acids is 1. The van der Waals surface area contributed by atoms with Crippen LogP contribution in [0.2, 0.25) is 0 Å². The highest BCUT2D eigenvalue weighted by atomic mass is 32.2. The van der Waals surface area contributed by atoms with Crippen LogP contribution in [-0.2, 0) is 10.5 Å². The summed E-state index contributed by atoms with van der Waals surface area (Å²) >= 11 is 1.45. The number of methoxy groups -OCH3 is 1. The molecule has 3 aromatic carbocycles. The molecule has 0 N–H and O–H groups in total. The Labute approximate surface area is 178 Å². The summed E-state index contributed by atoms with van der Waals surface area (Å²) in [6, 6.07) is 23.2. The van der Waals surface area contributed by atoms with Crippen molar-refractivity contribution in [3.05, 3.63) is 102 Å². The average Bonchev–Trinajstić information content (AvgIpc) is 3.09. The van der Waals surface area contributed by atoms with Gasteiger partial charge in [0.05, 0.1) is 12.8 Å². The Morgan fingerprint density at radius 3 is 2.53 bits per heavy atom. The van der Waals surface area contributed by atoms with Crippen LogP contribution in [-0.4, -0.2) is 18.2 Å². The fourth-order valence-electron chi connectivity index (χ4n) is 3.03. The summed E-state index contributed by atoms with van der Waals surface area (Å²) < 4.78 is 18.7. The maximum atomic E-state index is 13.4. The van der Waals surface area contributed by atoms with Crippen molar-refractivity contribution >= 4 is 34.6 Å². The Morgan fingerprint density at radius 2 is 1.80 bits per heavy atom. The second-order valence-electron chi connectivity index (χ2n) is 6.59. The van der Waals surface area contributed by atoms with Gasteiger partial charge in [-0.25, -0.2) is 9.38 Å². The standard InChI is InChI=1S/C24H19FN2O2S/c1-29-21-9-5-8-18(14-21)16-30-24-26-22(15-17-6-3-2-4-7-17)23(28)27(24)20-12-10-19(25)11-13-20/h2-15H,16H2,1H3/b22-15+. The minimum absolute atomic E-state index is 0.237. The van der Waals surface area contributed by atoms with Gasteiger partial charge in [0, 0.05) is 5.75 Å². The Bertz CT molecular complexity index is 1110. The lowest BCUT2D eigenvalue weighted by molar-refractivity contribution is -0.113. The normalized spacial score (nSPS) is 14.9. The van der Waals surface area contributed by atoms with Crippen LogP contribution in [0.25, 0.3) is 6.08 Å². The first-order chi connectivity index (χ1) is 14.6. The zero-order chi connectivity index (χ0) is 20.9. The van der Waals surface area contributed by atoms with Crippen molar-refractivity contribution in [1.29, 1.82) is 0 Å². The van der Waals surface area contributed by atoms with E-state index in [4.69, 9.17) is 4.74 Å². The topological polar surface area (TPSA) is 41.9 Å². The van der Waals surface area contributed by atoms with Gasteiger partial charge in [0.2, 0.25) is 0 Å². The van der Waals surface area contributed by atoms with Crippen molar-refractivity contribution in [2.75, 3.05) is 12.0 Å². The first-order valence-electron chi connectivity index (χ1n) is 9.35.